The molecule has 8 heteroatoms. The van der Waals surface area contributed by atoms with Crippen molar-refractivity contribution in [3.8, 4) is 11.4 Å². The van der Waals surface area contributed by atoms with Crippen LogP contribution in [0.3, 0.4) is 0 Å². The van der Waals surface area contributed by atoms with Gasteiger partial charge in [-0.15, -0.1) is 5.10 Å². The number of carbonyl (C=O) groups excluding carboxylic acids is 2. The summed E-state index contributed by atoms with van der Waals surface area (Å²) in [6.45, 7) is 8.54. The second-order valence-corrected chi connectivity index (χ2v) is 7.41. The lowest BCUT2D eigenvalue weighted by Crippen LogP contribution is -2.29. The fourth-order valence-corrected chi connectivity index (χ4v) is 3.08. The van der Waals surface area contributed by atoms with E-state index in [4.69, 9.17) is 4.74 Å². The first-order valence-corrected chi connectivity index (χ1v) is 10.3. The molecule has 0 fully saturated rings. The zero-order chi connectivity index (χ0) is 22.4. The second kappa shape index (κ2) is 9.88. The predicted molar refractivity (Wildman–Crippen MR) is 119 cm³/mol. The number of anilines is 1. The number of carbonyl (C=O) groups is 2. The Morgan fingerprint density at radius 3 is 2.65 bits per heavy atom. The average Bonchev–Trinajstić information content (AvgIpc) is 3.14. The Hall–Kier alpha value is -3.68. The molecule has 0 unspecified atom stereocenters. The van der Waals surface area contributed by atoms with Crippen molar-refractivity contribution in [3.63, 3.8) is 0 Å². The molecule has 1 heterocycles. The van der Waals surface area contributed by atoms with Gasteiger partial charge < -0.3 is 15.4 Å². The van der Waals surface area contributed by atoms with Crippen LogP contribution in [0.5, 0.6) is 5.75 Å². The van der Waals surface area contributed by atoms with Gasteiger partial charge in [-0.1, -0.05) is 45.0 Å². The van der Waals surface area contributed by atoms with E-state index in [1.165, 1.54) is 0 Å². The Labute approximate surface area is 181 Å². The van der Waals surface area contributed by atoms with Crippen LogP contribution in [0.25, 0.3) is 5.69 Å². The highest BCUT2D eigenvalue weighted by Gasteiger charge is 2.19. The van der Waals surface area contributed by atoms with Crippen molar-refractivity contribution in [2.45, 2.75) is 40.0 Å². The average molecular weight is 422 g/mol. The lowest BCUT2D eigenvalue weighted by atomic mass is 10.0. The van der Waals surface area contributed by atoms with Crippen LogP contribution in [0.4, 0.5) is 10.5 Å². The van der Waals surface area contributed by atoms with Gasteiger partial charge in [0.25, 0.3) is 5.82 Å². The zero-order valence-electron chi connectivity index (χ0n) is 18.2. The maximum Gasteiger partial charge on any atom is 0.383 e. The normalized spacial score (nSPS) is 10.7. The van der Waals surface area contributed by atoms with E-state index >= 15 is 0 Å². The molecule has 2 amide bonds. The van der Waals surface area contributed by atoms with Gasteiger partial charge >= 0.3 is 12.0 Å². The Balaban J connectivity index is 1.76. The summed E-state index contributed by atoms with van der Waals surface area (Å²) in [6.07, 6.45) is 0.839. The standard InChI is InChI=1S/C23H27N5O3/c1-5-13-24-23(30)26-17-9-8-10-18(14-17)31-22(29)21-25-16(4)28(27-21)20-12-7-6-11-19(20)15(2)3/h6-12,14-15H,5,13H2,1-4H3,(H2,24,26,30). The molecule has 0 aliphatic carbocycles. The van der Waals surface area contributed by atoms with Crippen LogP contribution in [-0.2, 0) is 0 Å². The first-order chi connectivity index (χ1) is 14.9. The number of aromatic nitrogens is 3. The van der Waals surface area contributed by atoms with E-state index in [1.807, 2.05) is 31.2 Å². The molecule has 0 aliphatic heterocycles. The molecule has 0 saturated carbocycles. The summed E-state index contributed by atoms with van der Waals surface area (Å²) in [4.78, 5) is 28.8. The van der Waals surface area contributed by atoms with E-state index < -0.39 is 5.97 Å². The van der Waals surface area contributed by atoms with Gasteiger partial charge in [-0.05, 0) is 43.0 Å². The molecule has 0 radical (unpaired) electrons. The van der Waals surface area contributed by atoms with Gasteiger partial charge in [-0.3, -0.25) is 0 Å². The van der Waals surface area contributed by atoms with Gasteiger partial charge in [0.05, 0.1) is 5.69 Å². The number of hydrogen-bond acceptors (Lipinski definition) is 5. The van der Waals surface area contributed by atoms with Crippen LogP contribution in [0.2, 0.25) is 0 Å². The van der Waals surface area contributed by atoms with Gasteiger partial charge in [0.15, 0.2) is 0 Å². The summed E-state index contributed by atoms with van der Waals surface area (Å²) >= 11 is 0. The number of benzene rings is 2. The Morgan fingerprint density at radius 2 is 1.90 bits per heavy atom. The molecule has 3 aromatic rings. The lowest BCUT2D eigenvalue weighted by molar-refractivity contribution is 0.0722. The second-order valence-electron chi connectivity index (χ2n) is 7.41. The molecule has 0 atom stereocenters. The molecular formula is C23H27N5O3. The summed E-state index contributed by atoms with van der Waals surface area (Å²) in [5.41, 5.74) is 2.50. The number of urea groups is 1. The number of rotatable bonds is 7. The number of aryl methyl sites for hydroxylation is 1. The maximum absolute atomic E-state index is 12.6. The molecule has 2 aromatic carbocycles. The molecule has 0 aliphatic rings. The number of nitrogens with one attached hydrogen (secondary N) is 2. The summed E-state index contributed by atoms with van der Waals surface area (Å²) in [5, 5.41) is 9.80. The van der Waals surface area contributed by atoms with Crippen molar-refractivity contribution in [1.29, 1.82) is 0 Å². The van der Waals surface area contributed by atoms with Gasteiger partial charge in [-0.25, -0.2) is 19.3 Å². The van der Waals surface area contributed by atoms with E-state index in [0.717, 1.165) is 17.7 Å². The van der Waals surface area contributed by atoms with Gasteiger partial charge in [0, 0.05) is 18.3 Å². The SMILES string of the molecule is CCCNC(=O)Nc1cccc(OC(=O)c2nc(C)n(-c3ccccc3C(C)C)n2)c1. The van der Waals surface area contributed by atoms with Gasteiger partial charge in [0.1, 0.15) is 11.6 Å². The smallest absolute Gasteiger partial charge is 0.383 e. The molecule has 0 spiro atoms. The number of hydrogen-bond donors (Lipinski definition) is 2. The molecule has 1 aromatic heterocycles. The predicted octanol–water partition coefficient (Wildman–Crippen LogP) is 4.45. The van der Waals surface area contributed by atoms with Crippen molar-refractivity contribution in [1.82, 2.24) is 20.1 Å². The number of esters is 1. The molecule has 162 valence electrons. The van der Waals surface area contributed by atoms with E-state index in [0.29, 0.717) is 24.0 Å². The number of para-hydroxylation sites is 1. The van der Waals surface area contributed by atoms with Gasteiger partial charge in [0.2, 0.25) is 0 Å². The van der Waals surface area contributed by atoms with Crippen molar-refractivity contribution < 1.29 is 14.3 Å². The summed E-state index contributed by atoms with van der Waals surface area (Å²) in [7, 11) is 0. The highest BCUT2D eigenvalue weighted by molar-refractivity contribution is 5.90. The molecule has 2 N–H and O–H groups in total. The Morgan fingerprint density at radius 1 is 1.13 bits per heavy atom. The summed E-state index contributed by atoms with van der Waals surface area (Å²) < 4.78 is 7.09. The van der Waals surface area contributed by atoms with Crippen molar-refractivity contribution >= 4 is 17.7 Å². The first kappa shape index (κ1) is 22.0. The molecular weight excluding hydrogens is 394 g/mol. The van der Waals surface area contributed by atoms with Crippen LogP contribution >= 0.6 is 0 Å². The molecule has 3 rings (SSSR count). The first-order valence-electron chi connectivity index (χ1n) is 10.3. The van der Waals surface area contributed by atoms with Crippen LogP contribution in [0.1, 0.15) is 55.1 Å². The van der Waals surface area contributed by atoms with Crippen LogP contribution in [-0.4, -0.2) is 33.3 Å². The van der Waals surface area contributed by atoms with Crippen molar-refractivity contribution in [2.24, 2.45) is 0 Å². The number of ether oxygens (including phenoxy) is 1. The van der Waals surface area contributed by atoms with Crippen LogP contribution in [0, 0.1) is 6.92 Å². The highest BCUT2D eigenvalue weighted by atomic mass is 16.5. The van der Waals surface area contributed by atoms with E-state index in [9.17, 15) is 9.59 Å². The van der Waals surface area contributed by atoms with Crippen LogP contribution in [0.15, 0.2) is 48.5 Å². The largest absolute Gasteiger partial charge is 0.421 e. The molecule has 31 heavy (non-hydrogen) atoms. The Bertz CT molecular complexity index is 1070. The van der Waals surface area contributed by atoms with E-state index in [2.05, 4.69) is 34.6 Å². The summed E-state index contributed by atoms with van der Waals surface area (Å²) in [6, 6.07) is 14.2. The van der Waals surface area contributed by atoms with Gasteiger partial charge in [-0.2, -0.15) is 0 Å². The monoisotopic (exact) mass is 421 g/mol. The van der Waals surface area contributed by atoms with Crippen molar-refractivity contribution in [3.05, 3.63) is 65.7 Å². The fraction of sp³-hybridized carbons (Fsp3) is 0.304. The quantitative estimate of drug-likeness (QED) is 0.434. The topological polar surface area (TPSA) is 98.1 Å². The minimum atomic E-state index is -0.670. The fourth-order valence-electron chi connectivity index (χ4n) is 3.08. The van der Waals surface area contributed by atoms with Crippen LogP contribution < -0.4 is 15.4 Å². The molecule has 0 saturated heterocycles. The zero-order valence-corrected chi connectivity index (χ0v) is 18.2. The lowest BCUT2D eigenvalue weighted by Gasteiger charge is -2.12. The Kier molecular flexibility index (Phi) is 7.02. The number of nitrogens with zero attached hydrogens (tertiary/aromatic N) is 3. The minimum absolute atomic E-state index is 0.0323. The maximum atomic E-state index is 12.6. The van der Waals surface area contributed by atoms with E-state index in [1.54, 1.807) is 35.9 Å². The third-order valence-electron chi connectivity index (χ3n) is 4.58. The number of amides is 2. The molecule has 0 bridgehead atoms. The minimum Gasteiger partial charge on any atom is -0.421 e. The third-order valence-corrected chi connectivity index (χ3v) is 4.58. The molecule has 8 nitrogen and oxygen atoms in total. The van der Waals surface area contributed by atoms with E-state index in [-0.39, 0.29) is 17.6 Å². The summed E-state index contributed by atoms with van der Waals surface area (Å²) in [5.74, 6) is 0.462. The highest BCUT2D eigenvalue weighted by Crippen LogP contribution is 2.23. The van der Waals surface area contributed by atoms with Crippen molar-refractivity contribution in [2.75, 3.05) is 11.9 Å². The third kappa shape index (κ3) is 5.48.